The minimum Gasteiger partial charge on any atom is -0.481 e. The number of rotatable bonds is 2. The molecule has 7 nitrogen and oxygen atoms in total. The maximum atomic E-state index is 12.3. The van der Waals surface area contributed by atoms with Crippen LogP contribution in [0.25, 0.3) is 11.0 Å². The highest BCUT2D eigenvalue weighted by atomic mass is 16.4. The van der Waals surface area contributed by atoms with E-state index in [1.807, 2.05) is 6.07 Å². The van der Waals surface area contributed by atoms with Gasteiger partial charge in [0.25, 0.3) is 0 Å². The number of carboxylic acids is 1. The summed E-state index contributed by atoms with van der Waals surface area (Å²) in [6, 6.07) is 4.56. The van der Waals surface area contributed by atoms with E-state index in [9.17, 15) is 14.4 Å². The van der Waals surface area contributed by atoms with Gasteiger partial charge in [-0.2, -0.15) is 5.26 Å². The molecule has 2 heterocycles. The molecule has 0 radical (unpaired) electrons. The van der Waals surface area contributed by atoms with E-state index in [1.165, 1.54) is 4.57 Å². The smallest absolute Gasteiger partial charge is 0.330 e. The van der Waals surface area contributed by atoms with Crippen LogP contribution in [-0.2, 0) is 11.2 Å². The van der Waals surface area contributed by atoms with Crippen LogP contribution in [-0.4, -0.2) is 20.2 Å². The summed E-state index contributed by atoms with van der Waals surface area (Å²) in [5.41, 5.74) is -0.118. The quantitative estimate of drug-likeness (QED) is 0.807. The fourth-order valence-electron chi connectivity index (χ4n) is 2.94. The van der Waals surface area contributed by atoms with Gasteiger partial charge in [0.2, 0.25) is 0 Å². The molecular formula is C14H11N3O4. The Balaban J connectivity index is 2.47. The SMILES string of the molecule is N#Cn1c(=O)c(=O)n2c3c(cccc31)CCC2CC(=O)O. The second kappa shape index (κ2) is 4.59. The molecule has 3 rings (SSSR count). The summed E-state index contributed by atoms with van der Waals surface area (Å²) in [6.45, 7) is 0. The molecule has 21 heavy (non-hydrogen) atoms. The molecule has 0 saturated heterocycles. The van der Waals surface area contributed by atoms with Crippen molar-refractivity contribution in [3.05, 3.63) is 44.5 Å². The Morgan fingerprint density at radius 3 is 2.81 bits per heavy atom. The highest BCUT2D eigenvalue weighted by molar-refractivity contribution is 5.81. The van der Waals surface area contributed by atoms with Gasteiger partial charge in [0.1, 0.15) is 0 Å². The van der Waals surface area contributed by atoms with Crippen LogP contribution >= 0.6 is 0 Å². The van der Waals surface area contributed by atoms with Crippen molar-refractivity contribution in [2.75, 3.05) is 0 Å². The first-order chi connectivity index (χ1) is 10.0. The number of nitriles is 1. The number of nitrogens with zero attached hydrogens (tertiary/aromatic N) is 3. The van der Waals surface area contributed by atoms with Crippen molar-refractivity contribution in [3.8, 4) is 6.19 Å². The molecule has 0 saturated carbocycles. The van der Waals surface area contributed by atoms with E-state index < -0.39 is 23.1 Å². The highest BCUT2D eigenvalue weighted by Crippen LogP contribution is 2.30. The fourth-order valence-corrected chi connectivity index (χ4v) is 2.94. The molecule has 0 bridgehead atoms. The lowest BCUT2D eigenvalue weighted by Crippen LogP contribution is -2.43. The topological polar surface area (TPSA) is 105 Å². The van der Waals surface area contributed by atoms with Crippen LogP contribution in [0.15, 0.2) is 27.8 Å². The highest BCUT2D eigenvalue weighted by Gasteiger charge is 2.27. The molecule has 1 aromatic carbocycles. The van der Waals surface area contributed by atoms with Gasteiger partial charge < -0.3 is 5.11 Å². The normalized spacial score (nSPS) is 16.6. The van der Waals surface area contributed by atoms with Crippen LogP contribution in [0, 0.1) is 11.5 Å². The van der Waals surface area contributed by atoms with Crippen molar-refractivity contribution in [3.63, 3.8) is 0 Å². The van der Waals surface area contributed by atoms with E-state index in [0.717, 1.165) is 10.1 Å². The molecule has 2 aromatic rings. The van der Waals surface area contributed by atoms with Crippen LogP contribution in [0.5, 0.6) is 0 Å². The fraction of sp³-hybridized carbons (Fsp3) is 0.286. The predicted molar refractivity (Wildman–Crippen MR) is 73.1 cm³/mol. The number of aromatic nitrogens is 2. The molecule has 1 aliphatic rings. The zero-order valence-corrected chi connectivity index (χ0v) is 10.9. The Kier molecular flexibility index (Phi) is 2.87. The largest absolute Gasteiger partial charge is 0.481 e. The summed E-state index contributed by atoms with van der Waals surface area (Å²) in [7, 11) is 0. The second-order valence-corrected chi connectivity index (χ2v) is 4.99. The van der Waals surface area contributed by atoms with Crippen LogP contribution in [0.2, 0.25) is 0 Å². The summed E-state index contributed by atoms with van der Waals surface area (Å²) < 4.78 is 2.01. The summed E-state index contributed by atoms with van der Waals surface area (Å²) in [5.74, 6) is -1.02. The van der Waals surface area contributed by atoms with Crippen molar-refractivity contribution in [2.45, 2.75) is 25.3 Å². The molecule has 0 spiro atoms. The molecule has 1 unspecified atom stereocenters. The van der Waals surface area contributed by atoms with Crippen molar-refractivity contribution in [1.82, 2.24) is 9.13 Å². The monoisotopic (exact) mass is 285 g/mol. The maximum absolute atomic E-state index is 12.3. The van der Waals surface area contributed by atoms with Crippen molar-refractivity contribution in [2.24, 2.45) is 0 Å². The first-order valence-corrected chi connectivity index (χ1v) is 6.45. The van der Waals surface area contributed by atoms with E-state index in [1.54, 1.807) is 18.3 Å². The number of aryl methyl sites for hydroxylation is 1. The van der Waals surface area contributed by atoms with Gasteiger partial charge in [-0.25, -0.2) is 4.57 Å². The standard InChI is InChI=1S/C14H11N3O4/c15-7-16-10-3-1-2-8-4-5-9(6-11(18)19)17(12(8)10)14(21)13(16)20/h1-3,9H,4-6H2,(H,18,19). The second-order valence-electron chi connectivity index (χ2n) is 4.99. The van der Waals surface area contributed by atoms with Crippen LogP contribution < -0.4 is 11.1 Å². The van der Waals surface area contributed by atoms with Gasteiger partial charge in [0.15, 0.2) is 6.19 Å². The molecule has 1 aromatic heterocycles. The van der Waals surface area contributed by atoms with Crippen LogP contribution in [0.1, 0.15) is 24.4 Å². The van der Waals surface area contributed by atoms with Gasteiger partial charge in [-0.05, 0) is 24.5 Å². The Morgan fingerprint density at radius 2 is 2.14 bits per heavy atom. The number of para-hydroxylation sites is 1. The third kappa shape index (κ3) is 1.84. The van der Waals surface area contributed by atoms with E-state index in [0.29, 0.717) is 23.9 Å². The maximum Gasteiger partial charge on any atom is 0.330 e. The lowest BCUT2D eigenvalue weighted by atomic mass is 9.96. The number of benzene rings is 1. The van der Waals surface area contributed by atoms with Gasteiger partial charge in [-0.1, -0.05) is 12.1 Å². The summed E-state index contributed by atoms with van der Waals surface area (Å²) in [5, 5.41) is 18.1. The summed E-state index contributed by atoms with van der Waals surface area (Å²) in [6.07, 6.45) is 2.58. The van der Waals surface area contributed by atoms with Gasteiger partial charge in [0, 0.05) is 6.04 Å². The number of hydrogen-bond acceptors (Lipinski definition) is 4. The number of aliphatic carboxylic acids is 1. The average molecular weight is 285 g/mol. The molecule has 0 amide bonds. The van der Waals surface area contributed by atoms with Gasteiger partial charge >= 0.3 is 17.1 Å². The Labute approximate surface area is 118 Å². The Morgan fingerprint density at radius 1 is 1.38 bits per heavy atom. The number of hydrogen-bond donors (Lipinski definition) is 1. The van der Waals surface area contributed by atoms with E-state index in [2.05, 4.69) is 0 Å². The van der Waals surface area contributed by atoms with E-state index in [4.69, 9.17) is 10.4 Å². The molecule has 7 heteroatoms. The van der Waals surface area contributed by atoms with Crippen LogP contribution in [0.4, 0.5) is 0 Å². The van der Waals surface area contributed by atoms with Crippen molar-refractivity contribution in [1.29, 1.82) is 5.26 Å². The predicted octanol–water partition coefficient (Wildman–Crippen LogP) is 0.454. The van der Waals surface area contributed by atoms with E-state index >= 15 is 0 Å². The molecule has 0 aliphatic carbocycles. The minimum atomic E-state index is -1.02. The molecular weight excluding hydrogens is 274 g/mol. The Hall–Kier alpha value is -2.88. The molecule has 1 aliphatic heterocycles. The van der Waals surface area contributed by atoms with Crippen molar-refractivity contribution < 1.29 is 9.90 Å². The minimum absolute atomic E-state index is 0.223. The molecule has 1 atom stereocenters. The number of carboxylic acid groups (broad SMARTS) is 1. The first kappa shape index (κ1) is 13.1. The lowest BCUT2D eigenvalue weighted by molar-refractivity contribution is -0.138. The average Bonchev–Trinajstić information content (AvgIpc) is 2.45. The third-order valence-corrected chi connectivity index (χ3v) is 3.81. The van der Waals surface area contributed by atoms with Gasteiger partial charge in [-0.15, -0.1) is 0 Å². The molecule has 106 valence electrons. The summed E-state index contributed by atoms with van der Waals surface area (Å²) >= 11 is 0. The zero-order chi connectivity index (χ0) is 15.1. The number of carbonyl (C=O) groups is 1. The molecule has 1 N–H and O–H groups in total. The zero-order valence-electron chi connectivity index (χ0n) is 10.9. The van der Waals surface area contributed by atoms with Crippen molar-refractivity contribution >= 4 is 17.0 Å². The lowest BCUT2D eigenvalue weighted by Gasteiger charge is -2.26. The van der Waals surface area contributed by atoms with E-state index in [-0.39, 0.29) is 6.42 Å². The summed E-state index contributed by atoms with van der Waals surface area (Å²) in [4.78, 5) is 35.2. The van der Waals surface area contributed by atoms with Gasteiger partial charge in [-0.3, -0.25) is 19.0 Å². The third-order valence-electron chi connectivity index (χ3n) is 3.81. The first-order valence-electron chi connectivity index (χ1n) is 6.45. The Bertz CT molecular complexity index is 917. The molecule has 0 fully saturated rings. The van der Waals surface area contributed by atoms with Gasteiger partial charge in [0.05, 0.1) is 17.5 Å². The van der Waals surface area contributed by atoms with Crippen LogP contribution in [0.3, 0.4) is 0 Å².